The molecule has 0 radical (unpaired) electrons. The van der Waals surface area contributed by atoms with Gasteiger partial charge in [0.25, 0.3) is 0 Å². The SMILES string of the molecule is COc1ccc2c(c1)O/C(=C\c1ccccc1OC(=O)c1cccs1)C2=O. The van der Waals surface area contributed by atoms with Crippen molar-refractivity contribution < 1.29 is 23.8 Å². The highest BCUT2D eigenvalue weighted by Gasteiger charge is 2.28. The van der Waals surface area contributed by atoms with Crippen LogP contribution in [0.25, 0.3) is 6.08 Å². The molecule has 27 heavy (non-hydrogen) atoms. The highest BCUT2D eigenvalue weighted by Crippen LogP contribution is 2.35. The Morgan fingerprint density at radius 1 is 1.11 bits per heavy atom. The number of thiophene rings is 1. The molecule has 0 unspecified atom stereocenters. The number of esters is 1. The fourth-order valence-corrected chi connectivity index (χ4v) is 3.27. The number of Topliss-reactive ketones (excluding diaryl/α,β-unsaturated/α-hetero) is 1. The molecule has 0 amide bonds. The summed E-state index contributed by atoms with van der Waals surface area (Å²) in [6.07, 6.45) is 1.58. The van der Waals surface area contributed by atoms with Gasteiger partial charge in [-0.1, -0.05) is 24.3 Å². The Bertz CT molecular complexity index is 1050. The second kappa shape index (κ2) is 7.09. The molecule has 0 spiro atoms. The summed E-state index contributed by atoms with van der Waals surface area (Å²) in [6, 6.07) is 15.5. The molecular weight excluding hydrogens is 364 g/mol. The lowest BCUT2D eigenvalue weighted by Gasteiger charge is -2.07. The highest BCUT2D eigenvalue weighted by molar-refractivity contribution is 7.12. The van der Waals surface area contributed by atoms with Crippen molar-refractivity contribution in [2.75, 3.05) is 7.11 Å². The summed E-state index contributed by atoms with van der Waals surface area (Å²) >= 11 is 1.30. The van der Waals surface area contributed by atoms with Crippen LogP contribution in [0.15, 0.2) is 65.7 Å². The summed E-state index contributed by atoms with van der Waals surface area (Å²) in [7, 11) is 1.55. The molecule has 0 atom stereocenters. The Labute approximate surface area is 159 Å². The van der Waals surface area contributed by atoms with Crippen LogP contribution in [0.1, 0.15) is 25.6 Å². The maximum atomic E-state index is 12.6. The van der Waals surface area contributed by atoms with Gasteiger partial charge in [-0.15, -0.1) is 11.3 Å². The lowest BCUT2D eigenvalue weighted by Crippen LogP contribution is -2.07. The van der Waals surface area contributed by atoms with Crippen molar-refractivity contribution in [3.05, 3.63) is 81.7 Å². The summed E-state index contributed by atoms with van der Waals surface area (Å²) in [4.78, 5) is 25.3. The summed E-state index contributed by atoms with van der Waals surface area (Å²) < 4.78 is 16.3. The predicted octanol–water partition coefficient (Wildman–Crippen LogP) is 4.59. The normalized spacial score (nSPS) is 14.0. The molecule has 6 heteroatoms. The zero-order valence-electron chi connectivity index (χ0n) is 14.3. The minimum Gasteiger partial charge on any atom is -0.497 e. The van der Waals surface area contributed by atoms with Crippen molar-refractivity contribution in [2.45, 2.75) is 0 Å². The van der Waals surface area contributed by atoms with Gasteiger partial charge in [0, 0.05) is 11.6 Å². The molecule has 0 saturated heterocycles. The molecule has 0 aliphatic carbocycles. The van der Waals surface area contributed by atoms with Gasteiger partial charge in [-0.25, -0.2) is 4.79 Å². The van der Waals surface area contributed by atoms with Crippen LogP contribution < -0.4 is 14.2 Å². The minimum absolute atomic E-state index is 0.165. The molecule has 2 aromatic carbocycles. The van der Waals surface area contributed by atoms with Gasteiger partial charge in [0.05, 0.1) is 12.7 Å². The van der Waals surface area contributed by atoms with Crippen LogP contribution in [0, 0.1) is 0 Å². The summed E-state index contributed by atoms with van der Waals surface area (Å²) in [6.45, 7) is 0. The van der Waals surface area contributed by atoms with E-state index in [1.165, 1.54) is 11.3 Å². The smallest absolute Gasteiger partial charge is 0.353 e. The fourth-order valence-electron chi connectivity index (χ4n) is 2.67. The first-order valence-electron chi connectivity index (χ1n) is 8.13. The van der Waals surface area contributed by atoms with E-state index in [-0.39, 0.29) is 11.5 Å². The predicted molar refractivity (Wildman–Crippen MR) is 102 cm³/mol. The first-order valence-corrected chi connectivity index (χ1v) is 9.00. The van der Waals surface area contributed by atoms with Gasteiger partial charge in [0.1, 0.15) is 22.1 Å². The number of carbonyl (C=O) groups is 2. The van der Waals surface area contributed by atoms with Gasteiger partial charge < -0.3 is 14.2 Å². The Balaban J connectivity index is 1.63. The van der Waals surface area contributed by atoms with Crippen molar-refractivity contribution in [3.63, 3.8) is 0 Å². The van der Waals surface area contributed by atoms with Crippen LogP contribution in [-0.2, 0) is 0 Å². The molecule has 0 saturated carbocycles. The van der Waals surface area contributed by atoms with Crippen molar-refractivity contribution in [3.8, 4) is 17.2 Å². The van der Waals surface area contributed by atoms with Crippen LogP contribution >= 0.6 is 11.3 Å². The second-order valence-electron chi connectivity index (χ2n) is 5.71. The van der Waals surface area contributed by atoms with Crippen LogP contribution in [0.2, 0.25) is 0 Å². The van der Waals surface area contributed by atoms with E-state index in [9.17, 15) is 9.59 Å². The number of ether oxygens (including phenoxy) is 3. The Morgan fingerprint density at radius 3 is 2.74 bits per heavy atom. The van der Waals surface area contributed by atoms with Crippen LogP contribution in [0.3, 0.4) is 0 Å². The standard InChI is InChI=1S/C21H14O5S/c1-24-14-8-9-15-17(12-14)25-18(20(15)22)11-13-5-2-3-6-16(13)26-21(23)19-7-4-10-27-19/h2-12H,1H3/b18-11-. The van der Waals surface area contributed by atoms with E-state index in [1.807, 2.05) is 0 Å². The van der Waals surface area contributed by atoms with E-state index in [0.29, 0.717) is 33.3 Å². The fraction of sp³-hybridized carbons (Fsp3) is 0.0476. The third-order valence-corrected chi connectivity index (χ3v) is 4.86. The molecule has 5 nitrogen and oxygen atoms in total. The largest absolute Gasteiger partial charge is 0.497 e. The second-order valence-corrected chi connectivity index (χ2v) is 6.65. The number of benzene rings is 2. The number of methoxy groups -OCH3 is 1. The average Bonchev–Trinajstić information content (AvgIpc) is 3.32. The first kappa shape index (κ1) is 17.1. The van der Waals surface area contributed by atoms with Gasteiger partial charge in [0.2, 0.25) is 5.78 Å². The van der Waals surface area contributed by atoms with Gasteiger partial charge >= 0.3 is 5.97 Å². The van der Waals surface area contributed by atoms with E-state index in [4.69, 9.17) is 14.2 Å². The number of carbonyl (C=O) groups excluding carboxylic acids is 2. The number of fused-ring (bicyclic) bond motifs is 1. The molecule has 3 aromatic rings. The van der Waals surface area contributed by atoms with Crippen LogP contribution in [0.5, 0.6) is 17.2 Å². The van der Waals surface area contributed by atoms with Crippen molar-refractivity contribution >= 4 is 29.2 Å². The average molecular weight is 378 g/mol. The van der Waals surface area contributed by atoms with Gasteiger partial charge in [-0.05, 0) is 35.7 Å². The zero-order valence-corrected chi connectivity index (χ0v) is 15.1. The third kappa shape index (κ3) is 3.35. The zero-order chi connectivity index (χ0) is 18.8. The molecule has 1 aliphatic heterocycles. The van der Waals surface area contributed by atoms with Crippen molar-refractivity contribution in [2.24, 2.45) is 0 Å². The van der Waals surface area contributed by atoms with E-state index >= 15 is 0 Å². The van der Waals surface area contributed by atoms with Crippen molar-refractivity contribution in [1.82, 2.24) is 0 Å². The molecule has 0 N–H and O–H groups in total. The van der Waals surface area contributed by atoms with Crippen molar-refractivity contribution in [1.29, 1.82) is 0 Å². The quantitative estimate of drug-likeness (QED) is 0.377. The van der Waals surface area contributed by atoms with E-state index < -0.39 is 5.97 Å². The van der Waals surface area contributed by atoms with E-state index in [0.717, 1.165) is 0 Å². The summed E-state index contributed by atoms with van der Waals surface area (Å²) in [5.74, 6) is 0.896. The Kier molecular flexibility index (Phi) is 4.48. The minimum atomic E-state index is -0.442. The number of rotatable bonds is 4. The summed E-state index contributed by atoms with van der Waals surface area (Å²) in [5, 5.41) is 1.81. The number of para-hydroxylation sites is 1. The lowest BCUT2D eigenvalue weighted by atomic mass is 10.1. The van der Waals surface area contributed by atoms with Gasteiger partial charge in [0.15, 0.2) is 5.76 Å². The Hall–Kier alpha value is -3.38. The van der Waals surface area contributed by atoms with E-state index in [2.05, 4.69) is 0 Å². The molecule has 1 aliphatic rings. The molecule has 4 rings (SSSR count). The first-order chi connectivity index (χ1) is 13.2. The topological polar surface area (TPSA) is 61.8 Å². The summed E-state index contributed by atoms with van der Waals surface area (Å²) in [5.41, 5.74) is 1.04. The maximum Gasteiger partial charge on any atom is 0.353 e. The van der Waals surface area contributed by atoms with Gasteiger partial charge in [-0.2, -0.15) is 0 Å². The number of ketones is 1. The molecule has 0 bridgehead atoms. The van der Waals surface area contributed by atoms with Crippen LogP contribution in [-0.4, -0.2) is 18.9 Å². The molecule has 134 valence electrons. The molecular formula is C21H14O5S. The lowest BCUT2D eigenvalue weighted by molar-refractivity contribution is 0.0739. The number of hydrogen-bond acceptors (Lipinski definition) is 6. The van der Waals surface area contributed by atoms with Crippen LogP contribution in [0.4, 0.5) is 0 Å². The van der Waals surface area contributed by atoms with E-state index in [1.54, 1.807) is 73.2 Å². The number of hydrogen-bond donors (Lipinski definition) is 0. The Morgan fingerprint density at radius 2 is 1.96 bits per heavy atom. The highest BCUT2D eigenvalue weighted by atomic mass is 32.1. The molecule has 0 fully saturated rings. The maximum absolute atomic E-state index is 12.6. The number of allylic oxidation sites excluding steroid dienone is 1. The van der Waals surface area contributed by atoms with Gasteiger partial charge in [-0.3, -0.25) is 4.79 Å². The molecule has 2 heterocycles. The monoisotopic (exact) mass is 378 g/mol. The third-order valence-electron chi connectivity index (χ3n) is 4.01. The molecule has 1 aromatic heterocycles.